The fourth-order valence-corrected chi connectivity index (χ4v) is 6.75. The maximum atomic E-state index is 13.5. The van der Waals surface area contributed by atoms with E-state index in [0.717, 1.165) is 41.9 Å². The summed E-state index contributed by atoms with van der Waals surface area (Å²) in [5.74, 6) is -1.62. The third kappa shape index (κ3) is 6.21. The molecule has 1 aliphatic carbocycles. The molecule has 1 aromatic heterocycles. The van der Waals surface area contributed by atoms with Crippen LogP contribution in [0.5, 0.6) is 0 Å². The van der Waals surface area contributed by atoms with Crippen LogP contribution in [0, 0.1) is 5.92 Å². The molecular weight excluding hydrogens is 532 g/mol. The van der Waals surface area contributed by atoms with Crippen LogP contribution in [0.3, 0.4) is 0 Å². The molecule has 1 saturated heterocycles. The molecule has 4 rings (SSSR count). The van der Waals surface area contributed by atoms with Crippen molar-refractivity contribution in [1.82, 2.24) is 15.2 Å². The number of nitrogens with one attached hydrogen (secondary N) is 2. The topological polar surface area (TPSA) is 158 Å². The molecule has 4 N–H and O–H groups in total. The van der Waals surface area contributed by atoms with E-state index in [4.69, 9.17) is 4.74 Å². The number of nitrogens with zero attached hydrogens (tertiary/aromatic N) is 2. The largest absolute Gasteiger partial charge is 0.477 e. The van der Waals surface area contributed by atoms with E-state index in [1.165, 1.54) is 11.8 Å². The number of amides is 3. The van der Waals surface area contributed by atoms with E-state index in [1.54, 1.807) is 26.2 Å². The molecule has 0 unspecified atom stereocenters. The van der Waals surface area contributed by atoms with Gasteiger partial charge in [0, 0.05) is 11.1 Å². The number of aliphatic carboxylic acids is 1. The Kier molecular flexibility index (Phi) is 8.48. The summed E-state index contributed by atoms with van der Waals surface area (Å²) in [6.07, 6.45) is 6.34. The smallest absolute Gasteiger partial charge is 0.413 e. The Hall–Kier alpha value is -2.90. The predicted octanol–water partition coefficient (Wildman–Crippen LogP) is 3.18. The second-order valence-corrected chi connectivity index (χ2v) is 12.4. The summed E-state index contributed by atoms with van der Waals surface area (Å²) in [7, 11) is 0. The fraction of sp³-hybridized carbons (Fsp3) is 0.560. The van der Waals surface area contributed by atoms with Gasteiger partial charge < -0.3 is 20.3 Å². The molecule has 2 fully saturated rings. The molecular formula is C25H32N4O7S2. The Bertz CT molecular complexity index is 1180. The summed E-state index contributed by atoms with van der Waals surface area (Å²) in [4.78, 5) is 55.8. The zero-order valence-corrected chi connectivity index (χ0v) is 23.1. The zero-order chi connectivity index (χ0) is 27.6. The monoisotopic (exact) mass is 564 g/mol. The number of thioether (sulfide) groups is 1. The van der Waals surface area contributed by atoms with Gasteiger partial charge in [-0.2, -0.15) is 0 Å². The Morgan fingerprint density at radius 1 is 1.26 bits per heavy atom. The number of aromatic nitrogens is 1. The van der Waals surface area contributed by atoms with Crippen LogP contribution >= 0.6 is 23.1 Å². The predicted molar refractivity (Wildman–Crippen MR) is 143 cm³/mol. The molecule has 206 valence electrons. The molecule has 0 bridgehead atoms. The Labute approximate surface area is 228 Å². The van der Waals surface area contributed by atoms with E-state index in [9.17, 15) is 29.4 Å². The first-order valence-electron chi connectivity index (χ1n) is 12.5. The summed E-state index contributed by atoms with van der Waals surface area (Å²) in [6, 6.07) is -0.907. The van der Waals surface area contributed by atoms with E-state index >= 15 is 0 Å². The fourth-order valence-electron chi connectivity index (χ4n) is 4.71. The third-order valence-corrected chi connectivity index (χ3v) is 8.59. The van der Waals surface area contributed by atoms with Crippen molar-refractivity contribution in [1.29, 1.82) is 0 Å². The van der Waals surface area contributed by atoms with Crippen LogP contribution in [-0.4, -0.2) is 73.4 Å². The van der Waals surface area contributed by atoms with Gasteiger partial charge in [-0.1, -0.05) is 31.8 Å². The lowest BCUT2D eigenvalue weighted by Crippen LogP contribution is -2.70. The van der Waals surface area contributed by atoms with E-state index in [1.807, 2.05) is 6.08 Å². The summed E-state index contributed by atoms with van der Waals surface area (Å²) < 4.78 is 5.27. The van der Waals surface area contributed by atoms with Crippen LogP contribution < -0.4 is 10.6 Å². The zero-order valence-electron chi connectivity index (χ0n) is 21.5. The second kappa shape index (κ2) is 11.5. The van der Waals surface area contributed by atoms with Gasteiger partial charge in [-0.25, -0.2) is 14.6 Å². The van der Waals surface area contributed by atoms with Crippen LogP contribution in [0.1, 0.15) is 58.6 Å². The van der Waals surface area contributed by atoms with Crippen molar-refractivity contribution >= 4 is 57.7 Å². The molecule has 3 aliphatic rings. The SMILES string of the molecule is CC(C)(C)OC(=O)Nc1nc(C(=CCC2CCCC2)C(=O)N[C@@H]2C(=O)N3C(C(=O)O)=C(CO)CS[C@@H]23)cs1. The Morgan fingerprint density at radius 3 is 2.61 bits per heavy atom. The highest BCUT2D eigenvalue weighted by molar-refractivity contribution is 8.00. The molecule has 2 atom stereocenters. The standard InChI is InChI=1S/C25H32N4O7S2/c1-25(2,3)36-24(35)28-23-26-16(12-38-23)15(9-8-13-6-4-5-7-13)19(31)27-17-20(32)29-18(22(33)34)14(10-30)11-37-21(17)29/h9,12-13,17,21,30H,4-8,10-11H2,1-3H3,(H,27,31)(H,33,34)(H,26,28,35)/t17-,21+/m1/s1. The van der Waals surface area contributed by atoms with Crippen molar-refractivity contribution in [2.75, 3.05) is 17.7 Å². The summed E-state index contributed by atoms with van der Waals surface area (Å²) in [5, 5.41) is 25.8. The number of carbonyl (C=O) groups excluding carboxylic acids is 3. The van der Waals surface area contributed by atoms with Gasteiger partial charge in [0.1, 0.15) is 22.7 Å². The molecule has 3 heterocycles. The number of β-lactam (4-membered cyclic amide) rings is 1. The average Bonchev–Trinajstić information content (AvgIpc) is 3.52. The van der Waals surface area contributed by atoms with Crippen LogP contribution in [0.25, 0.3) is 5.57 Å². The molecule has 13 heteroatoms. The third-order valence-electron chi connectivity index (χ3n) is 6.49. The first-order chi connectivity index (χ1) is 18.0. The summed E-state index contributed by atoms with van der Waals surface area (Å²) in [6.45, 7) is 4.80. The number of carboxylic acids is 1. The van der Waals surface area contributed by atoms with Crippen molar-refractivity contribution in [2.45, 2.75) is 69.9 Å². The van der Waals surface area contributed by atoms with Crippen LogP contribution in [0.15, 0.2) is 22.7 Å². The van der Waals surface area contributed by atoms with Crippen LogP contribution in [0.2, 0.25) is 0 Å². The number of aliphatic hydroxyl groups excluding tert-OH is 1. The van der Waals surface area contributed by atoms with E-state index in [0.29, 0.717) is 23.6 Å². The molecule has 3 amide bonds. The number of thiazole rings is 1. The number of rotatable bonds is 8. The number of allylic oxidation sites excluding steroid dienone is 1. The highest BCUT2D eigenvalue weighted by atomic mass is 32.2. The normalized spacial score (nSPS) is 22.2. The molecule has 1 saturated carbocycles. The van der Waals surface area contributed by atoms with Gasteiger partial charge in [0.15, 0.2) is 5.13 Å². The number of carboxylic acid groups (broad SMARTS) is 1. The number of aliphatic hydroxyl groups is 1. The average molecular weight is 565 g/mol. The van der Waals surface area contributed by atoms with Gasteiger partial charge in [-0.15, -0.1) is 23.1 Å². The quantitative estimate of drug-likeness (QED) is 0.275. The van der Waals surface area contributed by atoms with Crippen molar-refractivity contribution in [3.63, 3.8) is 0 Å². The Balaban J connectivity index is 1.51. The van der Waals surface area contributed by atoms with Gasteiger partial charge in [-0.05, 0) is 38.7 Å². The minimum atomic E-state index is -1.29. The minimum Gasteiger partial charge on any atom is -0.477 e. The van der Waals surface area contributed by atoms with Crippen molar-refractivity contribution in [3.8, 4) is 0 Å². The lowest BCUT2D eigenvalue weighted by atomic mass is 9.99. The number of carbonyl (C=O) groups is 4. The van der Waals surface area contributed by atoms with Crippen molar-refractivity contribution in [2.24, 2.45) is 5.92 Å². The number of ether oxygens (including phenoxy) is 1. The van der Waals surface area contributed by atoms with Crippen LogP contribution in [-0.2, 0) is 19.1 Å². The second-order valence-electron chi connectivity index (χ2n) is 10.4. The van der Waals surface area contributed by atoms with Gasteiger partial charge in [0.2, 0.25) is 0 Å². The number of hydrogen-bond acceptors (Lipinski definition) is 9. The van der Waals surface area contributed by atoms with Gasteiger partial charge >= 0.3 is 12.1 Å². The number of anilines is 1. The molecule has 0 radical (unpaired) electrons. The first-order valence-corrected chi connectivity index (χ1v) is 14.4. The molecule has 1 aromatic rings. The molecule has 0 spiro atoms. The molecule has 38 heavy (non-hydrogen) atoms. The molecule has 11 nitrogen and oxygen atoms in total. The summed E-state index contributed by atoms with van der Waals surface area (Å²) in [5.41, 5.74) is 0.0277. The summed E-state index contributed by atoms with van der Waals surface area (Å²) >= 11 is 2.45. The van der Waals surface area contributed by atoms with E-state index in [2.05, 4.69) is 15.6 Å². The first kappa shape index (κ1) is 28.1. The number of fused-ring (bicyclic) bond motifs is 1. The van der Waals surface area contributed by atoms with Crippen molar-refractivity contribution < 1.29 is 34.1 Å². The van der Waals surface area contributed by atoms with Crippen molar-refractivity contribution in [3.05, 3.63) is 28.4 Å². The van der Waals surface area contributed by atoms with Crippen LogP contribution in [0.4, 0.5) is 9.93 Å². The highest BCUT2D eigenvalue weighted by Crippen LogP contribution is 2.40. The highest BCUT2D eigenvalue weighted by Gasteiger charge is 2.54. The number of hydrogen-bond donors (Lipinski definition) is 4. The van der Waals surface area contributed by atoms with E-state index in [-0.39, 0.29) is 22.2 Å². The maximum Gasteiger partial charge on any atom is 0.413 e. The minimum absolute atomic E-state index is 0.221. The van der Waals surface area contributed by atoms with Gasteiger partial charge in [0.05, 0.1) is 17.9 Å². The Morgan fingerprint density at radius 2 is 1.97 bits per heavy atom. The molecule has 2 aliphatic heterocycles. The van der Waals surface area contributed by atoms with E-state index < -0.39 is 47.5 Å². The lowest BCUT2D eigenvalue weighted by molar-refractivity contribution is -0.150. The lowest BCUT2D eigenvalue weighted by Gasteiger charge is -2.49. The van der Waals surface area contributed by atoms with Gasteiger partial charge in [-0.3, -0.25) is 19.8 Å². The molecule has 0 aromatic carbocycles. The maximum absolute atomic E-state index is 13.5. The van der Waals surface area contributed by atoms with Gasteiger partial charge in [0.25, 0.3) is 11.8 Å².